The molecule has 5 heteroatoms. The molecular weight excluding hydrogens is 290 g/mol. The Labute approximate surface area is 126 Å². The number of aromatic amines is 1. The van der Waals surface area contributed by atoms with E-state index in [1.54, 1.807) is 0 Å². The first-order valence-corrected chi connectivity index (χ1v) is 6.99. The fraction of sp³-hybridized carbons (Fsp3) is 0.0667. The van der Waals surface area contributed by atoms with Gasteiger partial charge in [0.25, 0.3) is 0 Å². The Morgan fingerprint density at radius 1 is 1.10 bits per heavy atom. The Balaban J connectivity index is 2.02. The zero-order chi connectivity index (χ0) is 13.9. The molecule has 0 saturated carbocycles. The van der Waals surface area contributed by atoms with Gasteiger partial charge in [-0.25, -0.2) is 0 Å². The van der Waals surface area contributed by atoms with Crippen LogP contribution in [-0.2, 0) is 6.42 Å². The van der Waals surface area contributed by atoms with Crippen LogP contribution in [0.1, 0.15) is 11.4 Å². The second-order valence-electron chi connectivity index (χ2n) is 4.42. The number of benzene rings is 2. The van der Waals surface area contributed by atoms with Crippen molar-refractivity contribution >= 4 is 23.8 Å². The summed E-state index contributed by atoms with van der Waals surface area (Å²) in [6.45, 7) is 0. The highest BCUT2D eigenvalue weighted by atomic mass is 35.5. The number of H-pyrrole nitrogens is 1. The van der Waals surface area contributed by atoms with Gasteiger partial charge in [-0.1, -0.05) is 41.9 Å². The number of nitrogens with one attached hydrogen (secondary N) is 1. The van der Waals surface area contributed by atoms with Crippen LogP contribution >= 0.6 is 23.8 Å². The van der Waals surface area contributed by atoms with Gasteiger partial charge in [-0.2, -0.15) is 5.10 Å². The molecule has 0 unspecified atom stereocenters. The maximum absolute atomic E-state index is 6.02. The van der Waals surface area contributed by atoms with E-state index in [9.17, 15) is 0 Å². The number of halogens is 1. The molecule has 0 saturated heterocycles. The van der Waals surface area contributed by atoms with Crippen molar-refractivity contribution in [1.29, 1.82) is 0 Å². The van der Waals surface area contributed by atoms with Crippen LogP contribution in [0.5, 0.6) is 0 Å². The van der Waals surface area contributed by atoms with Gasteiger partial charge in [0.1, 0.15) is 5.82 Å². The normalized spacial score (nSPS) is 10.7. The molecule has 20 heavy (non-hydrogen) atoms. The molecule has 1 aromatic heterocycles. The van der Waals surface area contributed by atoms with Gasteiger partial charge in [0, 0.05) is 17.1 Å². The number of para-hydroxylation sites is 1. The van der Waals surface area contributed by atoms with Crippen LogP contribution in [-0.4, -0.2) is 14.8 Å². The standard InChI is InChI=1S/C15H12ClN3S/c16-12-6-4-5-11(9-12)10-14-17-18-15(20)19(14)13-7-2-1-3-8-13/h1-9H,10H2,(H,18,20). The molecule has 1 N–H and O–H groups in total. The molecule has 3 aromatic rings. The summed E-state index contributed by atoms with van der Waals surface area (Å²) in [5.74, 6) is 0.864. The molecule has 0 aliphatic heterocycles. The predicted octanol–water partition coefficient (Wildman–Crippen LogP) is 4.17. The number of hydrogen-bond acceptors (Lipinski definition) is 2. The first-order chi connectivity index (χ1) is 9.74. The summed E-state index contributed by atoms with van der Waals surface area (Å²) < 4.78 is 2.53. The summed E-state index contributed by atoms with van der Waals surface area (Å²) in [6.07, 6.45) is 0.669. The quantitative estimate of drug-likeness (QED) is 0.737. The Morgan fingerprint density at radius 2 is 1.90 bits per heavy atom. The fourth-order valence-corrected chi connectivity index (χ4v) is 2.59. The molecule has 0 aliphatic carbocycles. The van der Waals surface area contributed by atoms with Gasteiger partial charge in [0.2, 0.25) is 0 Å². The second-order valence-corrected chi connectivity index (χ2v) is 5.25. The predicted molar refractivity (Wildman–Crippen MR) is 83.0 cm³/mol. The van der Waals surface area contributed by atoms with Crippen molar-refractivity contribution in [2.24, 2.45) is 0 Å². The first kappa shape index (κ1) is 13.1. The maximum atomic E-state index is 6.02. The van der Waals surface area contributed by atoms with E-state index in [0.29, 0.717) is 11.2 Å². The Bertz CT molecular complexity index is 777. The zero-order valence-electron chi connectivity index (χ0n) is 10.6. The number of nitrogens with zero attached hydrogens (tertiary/aromatic N) is 2. The van der Waals surface area contributed by atoms with Crippen molar-refractivity contribution in [2.45, 2.75) is 6.42 Å². The lowest BCUT2D eigenvalue weighted by Gasteiger charge is -2.07. The van der Waals surface area contributed by atoms with Crippen molar-refractivity contribution in [3.8, 4) is 5.69 Å². The molecule has 0 aliphatic rings. The average molecular weight is 302 g/mol. The van der Waals surface area contributed by atoms with E-state index in [1.165, 1.54) is 0 Å². The van der Waals surface area contributed by atoms with Crippen molar-refractivity contribution in [1.82, 2.24) is 14.8 Å². The van der Waals surface area contributed by atoms with Gasteiger partial charge < -0.3 is 0 Å². The highest BCUT2D eigenvalue weighted by Gasteiger charge is 2.09. The molecule has 0 spiro atoms. The van der Waals surface area contributed by atoms with Crippen molar-refractivity contribution in [2.75, 3.05) is 0 Å². The summed E-state index contributed by atoms with van der Waals surface area (Å²) in [5, 5.41) is 7.90. The van der Waals surface area contributed by atoms with Gasteiger partial charge in [-0.3, -0.25) is 9.67 Å². The SMILES string of the molecule is S=c1[nH]nc(Cc2cccc(Cl)c2)n1-c1ccccc1. The van der Waals surface area contributed by atoms with E-state index in [4.69, 9.17) is 23.8 Å². The largest absolute Gasteiger partial charge is 0.272 e. The van der Waals surface area contributed by atoms with Gasteiger partial charge in [-0.15, -0.1) is 0 Å². The minimum absolute atomic E-state index is 0.591. The van der Waals surface area contributed by atoms with Gasteiger partial charge in [-0.05, 0) is 42.0 Å². The molecule has 0 amide bonds. The van der Waals surface area contributed by atoms with Crippen LogP contribution in [0.2, 0.25) is 5.02 Å². The monoisotopic (exact) mass is 301 g/mol. The van der Waals surface area contributed by atoms with E-state index >= 15 is 0 Å². The zero-order valence-corrected chi connectivity index (χ0v) is 12.2. The summed E-state index contributed by atoms with van der Waals surface area (Å²) >= 11 is 11.3. The third kappa shape index (κ3) is 2.66. The third-order valence-corrected chi connectivity index (χ3v) is 3.52. The van der Waals surface area contributed by atoms with Crippen LogP contribution < -0.4 is 0 Å². The number of hydrogen-bond donors (Lipinski definition) is 1. The van der Waals surface area contributed by atoms with E-state index in [-0.39, 0.29) is 0 Å². The molecule has 0 radical (unpaired) electrons. The Morgan fingerprint density at radius 3 is 2.65 bits per heavy atom. The smallest absolute Gasteiger partial charge is 0.199 e. The molecular formula is C15H12ClN3S. The van der Waals surface area contributed by atoms with Crippen LogP contribution in [0.3, 0.4) is 0 Å². The summed E-state index contributed by atoms with van der Waals surface area (Å²) in [4.78, 5) is 0. The molecule has 0 fully saturated rings. The lowest BCUT2D eigenvalue weighted by atomic mass is 10.1. The van der Waals surface area contributed by atoms with Crippen molar-refractivity contribution in [3.05, 3.63) is 75.8 Å². The molecule has 3 rings (SSSR count). The summed E-state index contributed by atoms with van der Waals surface area (Å²) in [7, 11) is 0. The minimum Gasteiger partial charge on any atom is -0.272 e. The number of aromatic nitrogens is 3. The minimum atomic E-state index is 0.591. The van der Waals surface area contributed by atoms with E-state index in [1.807, 2.05) is 59.2 Å². The Hall–Kier alpha value is -1.91. The molecule has 100 valence electrons. The molecule has 2 aromatic carbocycles. The van der Waals surface area contributed by atoms with Crippen LogP contribution in [0.4, 0.5) is 0 Å². The fourth-order valence-electron chi connectivity index (χ4n) is 2.12. The highest BCUT2D eigenvalue weighted by molar-refractivity contribution is 7.71. The topological polar surface area (TPSA) is 33.6 Å². The van der Waals surface area contributed by atoms with Crippen LogP contribution in [0.15, 0.2) is 54.6 Å². The number of rotatable bonds is 3. The van der Waals surface area contributed by atoms with Crippen molar-refractivity contribution in [3.63, 3.8) is 0 Å². The second kappa shape index (κ2) is 5.61. The van der Waals surface area contributed by atoms with Gasteiger partial charge >= 0.3 is 0 Å². The maximum Gasteiger partial charge on any atom is 0.199 e. The van der Waals surface area contributed by atoms with Crippen molar-refractivity contribution < 1.29 is 0 Å². The highest BCUT2D eigenvalue weighted by Crippen LogP contribution is 2.16. The van der Waals surface area contributed by atoms with Crippen LogP contribution in [0, 0.1) is 4.77 Å². The van der Waals surface area contributed by atoms with Gasteiger partial charge in [0.15, 0.2) is 4.77 Å². The van der Waals surface area contributed by atoms with E-state index in [0.717, 1.165) is 22.1 Å². The summed E-state index contributed by atoms with van der Waals surface area (Å²) in [5.41, 5.74) is 2.10. The van der Waals surface area contributed by atoms with E-state index < -0.39 is 0 Å². The Kier molecular flexibility index (Phi) is 3.67. The third-order valence-electron chi connectivity index (χ3n) is 3.01. The molecule has 0 bridgehead atoms. The molecule has 0 atom stereocenters. The average Bonchev–Trinajstić information content (AvgIpc) is 2.81. The summed E-state index contributed by atoms with van der Waals surface area (Å²) in [6, 6.07) is 17.7. The first-order valence-electron chi connectivity index (χ1n) is 6.20. The lowest BCUT2D eigenvalue weighted by molar-refractivity contribution is 0.902. The molecule has 3 nitrogen and oxygen atoms in total. The van der Waals surface area contributed by atoms with Crippen LogP contribution in [0.25, 0.3) is 5.69 Å². The molecule has 1 heterocycles. The van der Waals surface area contributed by atoms with E-state index in [2.05, 4.69) is 10.2 Å². The van der Waals surface area contributed by atoms with Gasteiger partial charge in [0.05, 0.1) is 0 Å². The lowest BCUT2D eigenvalue weighted by Crippen LogP contribution is -2.02.